The molecule has 39 heavy (non-hydrogen) atoms. The maximum absolute atomic E-state index is 13.0. The van der Waals surface area contributed by atoms with Crippen molar-refractivity contribution in [2.75, 3.05) is 11.9 Å². The molecule has 1 aliphatic heterocycles. The van der Waals surface area contributed by atoms with Gasteiger partial charge in [-0.3, -0.25) is 14.2 Å². The van der Waals surface area contributed by atoms with Crippen LogP contribution in [0.4, 0.5) is 10.2 Å². The van der Waals surface area contributed by atoms with Gasteiger partial charge in [0.2, 0.25) is 5.91 Å². The minimum atomic E-state index is -1.35. The molecule has 200 valence electrons. The number of ether oxygens (including phenoxy) is 1. The Morgan fingerprint density at radius 3 is 2.56 bits per heavy atom. The summed E-state index contributed by atoms with van der Waals surface area (Å²) in [6.45, 7) is 0.331. The first-order valence-corrected chi connectivity index (χ1v) is 12.2. The van der Waals surface area contributed by atoms with Crippen LogP contribution in [0.15, 0.2) is 79.4 Å². The zero-order valence-corrected chi connectivity index (χ0v) is 20.5. The highest BCUT2D eigenvalue weighted by Gasteiger charge is 2.43. The Morgan fingerprint density at radius 1 is 1.03 bits per heavy atom. The van der Waals surface area contributed by atoms with Crippen LogP contribution in [0.3, 0.4) is 0 Å². The van der Waals surface area contributed by atoms with Gasteiger partial charge in [-0.1, -0.05) is 30.3 Å². The fraction of sp³-hybridized carbons (Fsp3) is 0.222. The standard InChI is InChI=1S/C27H25FN6O5/c28-18-8-6-16(7-9-18)12-13-29-20(35)11-10-19-22(36)23(37)27(39-19)34-15-32-21-24(30-14-31-25(21)34)33-26(38)17-4-2-1-3-5-17/h1-11,14-15,19,22-23,27,36-37H,12-13H2,(H,29,35)(H,30,31,33,38)/b11-10+/t19-,22-,23-,27-/m1/s1. The number of carbonyl (C=O) groups excluding carboxylic acids is 2. The van der Waals surface area contributed by atoms with E-state index in [4.69, 9.17) is 4.74 Å². The van der Waals surface area contributed by atoms with Crippen LogP contribution < -0.4 is 10.6 Å². The monoisotopic (exact) mass is 532 g/mol. The van der Waals surface area contributed by atoms with Gasteiger partial charge in [0.15, 0.2) is 23.2 Å². The summed E-state index contributed by atoms with van der Waals surface area (Å²) in [6, 6.07) is 14.6. The average Bonchev–Trinajstić information content (AvgIpc) is 3.50. The third-order valence-corrected chi connectivity index (χ3v) is 6.24. The molecular weight excluding hydrogens is 507 g/mol. The molecule has 0 unspecified atom stereocenters. The zero-order chi connectivity index (χ0) is 27.4. The molecule has 2 aromatic heterocycles. The SMILES string of the molecule is O=C(/C=C/[C@H]1O[C@@H](n2cnc3c(NC(=O)c4ccccc4)ncnc32)[C@H](O)[C@@H]1O)NCCc1ccc(F)cc1. The van der Waals surface area contributed by atoms with Crippen molar-refractivity contribution < 1.29 is 28.9 Å². The molecule has 4 N–H and O–H groups in total. The average molecular weight is 533 g/mol. The molecule has 0 bridgehead atoms. The number of aliphatic hydroxyl groups excluding tert-OH is 2. The van der Waals surface area contributed by atoms with E-state index in [9.17, 15) is 24.2 Å². The molecule has 2 aromatic carbocycles. The third-order valence-electron chi connectivity index (χ3n) is 6.24. The topological polar surface area (TPSA) is 151 Å². The van der Waals surface area contributed by atoms with Crippen LogP contribution in [0, 0.1) is 5.82 Å². The predicted octanol–water partition coefficient (Wildman–Crippen LogP) is 1.75. The smallest absolute Gasteiger partial charge is 0.256 e. The zero-order valence-electron chi connectivity index (χ0n) is 20.5. The molecule has 12 heteroatoms. The lowest BCUT2D eigenvalue weighted by atomic mass is 10.1. The number of nitrogens with one attached hydrogen (secondary N) is 2. The van der Waals surface area contributed by atoms with E-state index in [1.165, 1.54) is 41.5 Å². The molecule has 1 saturated heterocycles. The van der Waals surface area contributed by atoms with Crippen molar-refractivity contribution in [3.63, 3.8) is 0 Å². The number of imidazole rings is 1. The fourth-order valence-electron chi connectivity index (χ4n) is 4.20. The van der Waals surface area contributed by atoms with E-state index in [2.05, 4.69) is 25.6 Å². The van der Waals surface area contributed by atoms with Crippen molar-refractivity contribution in [3.8, 4) is 0 Å². The van der Waals surface area contributed by atoms with E-state index >= 15 is 0 Å². The molecule has 5 rings (SSSR count). The summed E-state index contributed by atoms with van der Waals surface area (Å²) in [5.74, 6) is -0.938. The van der Waals surface area contributed by atoms with Crippen LogP contribution in [0.25, 0.3) is 11.2 Å². The molecule has 1 fully saturated rings. The number of hydrogen-bond donors (Lipinski definition) is 4. The Labute approximate surface area is 222 Å². The Kier molecular flexibility index (Phi) is 7.68. The van der Waals surface area contributed by atoms with E-state index in [0.717, 1.165) is 5.56 Å². The van der Waals surface area contributed by atoms with E-state index in [1.807, 2.05) is 0 Å². The summed E-state index contributed by atoms with van der Waals surface area (Å²) >= 11 is 0. The molecule has 4 atom stereocenters. The Morgan fingerprint density at radius 2 is 1.79 bits per heavy atom. The van der Waals surface area contributed by atoms with Crippen LogP contribution in [-0.2, 0) is 16.0 Å². The maximum atomic E-state index is 13.0. The molecule has 3 heterocycles. The number of anilines is 1. The van der Waals surface area contributed by atoms with Crippen molar-refractivity contribution in [1.29, 1.82) is 0 Å². The van der Waals surface area contributed by atoms with Crippen LogP contribution in [0.1, 0.15) is 22.1 Å². The molecule has 0 saturated carbocycles. The molecule has 0 spiro atoms. The number of aromatic nitrogens is 4. The number of hydrogen-bond acceptors (Lipinski definition) is 8. The highest BCUT2D eigenvalue weighted by molar-refractivity contribution is 6.06. The Hall–Kier alpha value is -4.52. The molecule has 1 aliphatic rings. The van der Waals surface area contributed by atoms with Gasteiger partial charge in [-0.2, -0.15) is 0 Å². The Balaban J connectivity index is 1.23. The molecule has 11 nitrogen and oxygen atoms in total. The second kappa shape index (κ2) is 11.5. The highest BCUT2D eigenvalue weighted by Crippen LogP contribution is 2.32. The van der Waals surface area contributed by atoms with E-state index in [-0.39, 0.29) is 28.7 Å². The summed E-state index contributed by atoms with van der Waals surface area (Å²) in [6.07, 6.45) is 0.995. The number of rotatable bonds is 8. The lowest BCUT2D eigenvalue weighted by molar-refractivity contribution is -0.116. The molecule has 0 aliphatic carbocycles. The first-order valence-electron chi connectivity index (χ1n) is 12.2. The van der Waals surface area contributed by atoms with E-state index < -0.39 is 30.4 Å². The maximum Gasteiger partial charge on any atom is 0.256 e. The summed E-state index contributed by atoms with van der Waals surface area (Å²) < 4.78 is 20.3. The van der Waals surface area contributed by atoms with Gasteiger partial charge in [-0.05, 0) is 42.3 Å². The van der Waals surface area contributed by atoms with Gasteiger partial charge in [-0.15, -0.1) is 0 Å². The second-order valence-electron chi connectivity index (χ2n) is 8.87. The van der Waals surface area contributed by atoms with E-state index in [1.54, 1.807) is 42.5 Å². The quantitative estimate of drug-likeness (QED) is 0.251. The predicted molar refractivity (Wildman–Crippen MR) is 138 cm³/mol. The summed E-state index contributed by atoms with van der Waals surface area (Å²) in [5, 5.41) is 26.6. The van der Waals surface area contributed by atoms with Crippen LogP contribution >= 0.6 is 0 Å². The van der Waals surface area contributed by atoms with Gasteiger partial charge >= 0.3 is 0 Å². The van der Waals surface area contributed by atoms with Crippen LogP contribution in [0.2, 0.25) is 0 Å². The van der Waals surface area contributed by atoms with Crippen LogP contribution in [-0.4, -0.2) is 66.4 Å². The first-order chi connectivity index (χ1) is 18.9. The first kappa shape index (κ1) is 26.1. The Bertz CT molecular complexity index is 1490. The lowest BCUT2D eigenvalue weighted by Crippen LogP contribution is -2.31. The van der Waals surface area contributed by atoms with Crippen molar-refractivity contribution in [1.82, 2.24) is 24.8 Å². The van der Waals surface area contributed by atoms with E-state index in [0.29, 0.717) is 18.5 Å². The highest BCUT2D eigenvalue weighted by atomic mass is 19.1. The molecule has 2 amide bonds. The summed E-state index contributed by atoms with van der Waals surface area (Å²) in [7, 11) is 0. The number of benzene rings is 2. The normalized spacial score (nSPS) is 20.9. The van der Waals surface area contributed by atoms with Crippen molar-refractivity contribution in [3.05, 3.63) is 96.3 Å². The lowest BCUT2D eigenvalue weighted by Gasteiger charge is -2.16. The number of amides is 2. The molecule has 0 radical (unpaired) electrons. The van der Waals surface area contributed by atoms with Gasteiger partial charge in [0.25, 0.3) is 5.91 Å². The second-order valence-corrected chi connectivity index (χ2v) is 8.87. The van der Waals surface area contributed by atoms with Crippen molar-refractivity contribution in [2.45, 2.75) is 31.0 Å². The third kappa shape index (κ3) is 5.82. The fourth-order valence-corrected chi connectivity index (χ4v) is 4.20. The van der Waals surface area contributed by atoms with Gasteiger partial charge in [0.05, 0.1) is 6.33 Å². The number of carbonyl (C=O) groups is 2. The van der Waals surface area contributed by atoms with Crippen LogP contribution in [0.5, 0.6) is 0 Å². The largest absolute Gasteiger partial charge is 0.387 e. The summed E-state index contributed by atoms with van der Waals surface area (Å²) in [5.41, 5.74) is 1.86. The van der Waals surface area contributed by atoms with Crippen molar-refractivity contribution in [2.24, 2.45) is 0 Å². The molecule has 4 aromatic rings. The number of aliphatic hydroxyl groups is 2. The minimum absolute atomic E-state index is 0.175. The number of halogens is 1. The van der Waals surface area contributed by atoms with Gasteiger partial charge < -0.3 is 25.6 Å². The minimum Gasteiger partial charge on any atom is -0.387 e. The van der Waals surface area contributed by atoms with Gasteiger partial charge in [0, 0.05) is 18.2 Å². The number of nitrogens with zero attached hydrogens (tertiary/aromatic N) is 4. The number of fused-ring (bicyclic) bond motifs is 1. The summed E-state index contributed by atoms with van der Waals surface area (Å²) in [4.78, 5) is 37.4. The van der Waals surface area contributed by atoms with Crippen molar-refractivity contribution >= 4 is 28.8 Å². The molecular formula is C27H25FN6O5. The van der Waals surface area contributed by atoms with Gasteiger partial charge in [-0.25, -0.2) is 19.3 Å². The van der Waals surface area contributed by atoms with Gasteiger partial charge in [0.1, 0.15) is 30.5 Å².